The zero-order chi connectivity index (χ0) is 13.1. The number of carboxylic acid groups (broad SMARTS) is 1. The molecule has 0 saturated carbocycles. The van der Waals surface area contributed by atoms with Crippen molar-refractivity contribution in [1.29, 1.82) is 0 Å². The topological polar surface area (TPSA) is 50.2 Å². The fourth-order valence-electron chi connectivity index (χ4n) is 1.29. The van der Waals surface area contributed by atoms with Crippen molar-refractivity contribution in [2.45, 2.75) is 9.92 Å². The predicted octanol–water partition coefficient (Wildman–Crippen LogP) is 4.35. The molecule has 0 amide bonds. The molecular weight excluding hydrogens is 338 g/mol. The lowest BCUT2D eigenvalue weighted by molar-refractivity contribution is 0.0696. The summed E-state index contributed by atoms with van der Waals surface area (Å²) in [5.41, 5.74) is 0.0594. The number of halogens is 2. The van der Waals surface area contributed by atoms with Crippen molar-refractivity contribution < 1.29 is 9.90 Å². The minimum atomic E-state index is -1.06. The summed E-state index contributed by atoms with van der Waals surface area (Å²) in [6.45, 7) is 0. The van der Waals surface area contributed by atoms with Crippen LogP contribution in [0.3, 0.4) is 0 Å². The van der Waals surface area contributed by atoms with Gasteiger partial charge in [-0.25, -0.2) is 9.78 Å². The first-order valence-corrected chi connectivity index (χ1v) is 6.87. The van der Waals surface area contributed by atoms with Gasteiger partial charge in [-0.1, -0.05) is 45.4 Å². The third-order valence-electron chi connectivity index (χ3n) is 2.08. The Kier molecular flexibility index (Phi) is 4.27. The van der Waals surface area contributed by atoms with Gasteiger partial charge < -0.3 is 5.11 Å². The van der Waals surface area contributed by atoms with Gasteiger partial charge in [-0.3, -0.25) is 0 Å². The fourth-order valence-corrected chi connectivity index (χ4v) is 2.88. The number of hydrogen-bond acceptors (Lipinski definition) is 3. The van der Waals surface area contributed by atoms with Crippen molar-refractivity contribution in [1.82, 2.24) is 4.98 Å². The number of benzene rings is 1. The minimum absolute atomic E-state index is 0.0594. The van der Waals surface area contributed by atoms with Crippen LogP contribution < -0.4 is 0 Å². The predicted molar refractivity (Wildman–Crippen MR) is 74.5 cm³/mol. The summed E-state index contributed by atoms with van der Waals surface area (Å²) in [6, 6.07) is 9.15. The van der Waals surface area contributed by atoms with Gasteiger partial charge in [0.1, 0.15) is 5.03 Å². The van der Waals surface area contributed by atoms with Gasteiger partial charge in [0.15, 0.2) is 0 Å². The van der Waals surface area contributed by atoms with Gasteiger partial charge in [-0.2, -0.15) is 0 Å². The maximum atomic E-state index is 11.0. The Morgan fingerprint density at radius 2 is 2.17 bits per heavy atom. The van der Waals surface area contributed by atoms with E-state index < -0.39 is 5.97 Å². The molecule has 0 bridgehead atoms. The smallest absolute Gasteiger partial charge is 0.337 e. The van der Waals surface area contributed by atoms with Gasteiger partial charge in [0, 0.05) is 15.6 Å². The monoisotopic (exact) mass is 343 g/mol. The highest BCUT2D eigenvalue weighted by Gasteiger charge is 2.11. The molecule has 6 heteroatoms. The van der Waals surface area contributed by atoms with Gasteiger partial charge in [0.05, 0.1) is 10.6 Å². The summed E-state index contributed by atoms with van der Waals surface area (Å²) in [4.78, 5) is 16.0. The maximum Gasteiger partial charge on any atom is 0.337 e. The normalized spacial score (nSPS) is 10.3. The second-order valence-electron chi connectivity index (χ2n) is 3.37. The first-order valence-electron chi connectivity index (χ1n) is 4.88. The maximum absolute atomic E-state index is 11.0. The Morgan fingerprint density at radius 3 is 2.83 bits per heavy atom. The van der Waals surface area contributed by atoms with Crippen LogP contribution in [0, 0.1) is 0 Å². The van der Waals surface area contributed by atoms with E-state index >= 15 is 0 Å². The molecule has 0 aliphatic heterocycles. The molecule has 1 heterocycles. The molecule has 3 nitrogen and oxygen atoms in total. The van der Waals surface area contributed by atoms with Gasteiger partial charge in [-0.15, -0.1) is 0 Å². The first kappa shape index (κ1) is 13.4. The molecule has 2 aromatic rings. The van der Waals surface area contributed by atoms with Crippen LogP contribution in [0.1, 0.15) is 10.4 Å². The molecule has 1 aromatic heterocycles. The van der Waals surface area contributed by atoms with E-state index in [1.54, 1.807) is 0 Å². The van der Waals surface area contributed by atoms with Crippen LogP contribution in [0.5, 0.6) is 0 Å². The summed E-state index contributed by atoms with van der Waals surface area (Å²) in [6.07, 6.45) is 1.35. The molecule has 0 aliphatic rings. The minimum Gasteiger partial charge on any atom is -0.478 e. The van der Waals surface area contributed by atoms with Crippen LogP contribution in [-0.2, 0) is 0 Å². The summed E-state index contributed by atoms with van der Waals surface area (Å²) in [7, 11) is 0. The third-order valence-corrected chi connectivity index (χ3v) is 3.80. The van der Waals surface area contributed by atoms with Crippen molar-refractivity contribution in [3.63, 3.8) is 0 Å². The van der Waals surface area contributed by atoms with E-state index in [1.165, 1.54) is 24.0 Å². The number of aromatic nitrogens is 1. The number of nitrogens with zero attached hydrogens (tertiary/aromatic N) is 1. The van der Waals surface area contributed by atoms with Crippen molar-refractivity contribution in [2.24, 2.45) is 0 Å². The quantitative estimate of drug-likeness (QED) is 0.899. The number of carboxylic acids is 1. The van der Waals surface area contributed by atoms with E-state index in [9.17, 15) is 4.79 Å². The molecular formula is C12H7BrClNO2S. The summed E-state index contributed by atoms with van der Waals surface area (Å²) in [5, 5.41) is 9.70. The SMILES string of the molecule is O=C(O)c1cc(Sc2cccc(Br)c2)ncc1Cl. The molecule has 0 unspecified atom stereocenters. The Bertz CT molecular complexity index is 606. The Labute approximate surface area is 121 Å². The average molecular weight is 345 g/mol. The van der Waals surface area contributed by atoms with Crippen molar-refractivity contribution >= 4 is 45.3 Å². The van der Waals surface area contributed by atoms with Crippen LogP contribution >= 0.6 is 39.3 Å². The van der Waals surface area contributed by atoms with E-state index in [4.69, 9.17) is 16.7 Å². The lowest BCUT2D eigenvalue weighted by Gasteiger charge is -2.04. The number of carbonyl (C=O) groups is 1. The molecule has 0 atom stereocenters. The van der Waals surface area contributed by atoms with Crippen LogP contribution in [0.25, 0.3) is 0 Å². The zero-order valence-corrected chi connectivity index (χ0v) is 12.1. The van der Waals surface area contributed by atoms with Crippen LogP contribution in [0.2, 0.25) is 5.02 Å². The standard InChI is InChI=1S/C12H7BrClNO2S/c13-7-2-1-3-8(4-7)18-11-5-9(12(16)17)10(14)6-15-11/h1-6H,(H,16,17). The molecule has 0 saturated heterocycles. The second kappa shape index (κ2) is 5.73. The number of aromatic carboxylic acids is 1. The lowest BCUT2D eigenvalue weighted by atomic mass is 10.3. The molecule has 0 spiro atoms. The zero-order valence-electron chi connectivity index (χ0n) is 8.93. The van der Waals surface area contributed by atoms with Crippen LogP contribution in [-0.4, -0.2) is 16.1 Å². The molecule has 92 valence electrons. The number of pyridine rings is 1. The molecule has 1 aromatic carbocycles. The van der Waals surface area contributed by atoms with Gasteiger partial charge >= 0.3 is 5.97 Å². The van der Waals surface area contributed by atoms with Crippen LogP contribution in [0.15, 0.2) is 50.9 Å². The Hall–Kier alpha value is -1.04. The second-order valence-corrected chi connectivity index (χ2v) is 5.78. The molecule has 0 fully saturated rings. The average Bonchev–Trinajstić information content (AvgIpc) is 2.31. The van der Waals surface area contributed by atoms with Crippen molar-refractivity contribution in [2.75, 3.05) is 0 Å². The largest absolute Gasteiger partial charge is 0.478 e. The Morgan fingerprint density at radius 1 is 1.39 bits per heavy atom. The van der Waals surface area contributed by atoms with E-state index in [0.717, 1.165) is 9.37 Å². The highest BCUT2D eigenvalue weighted by Crippen LogP contribution is 2.30. The van der Waals surface area contributed by atoms with E-state index in [-0.39, 0.29) is 10.6 Å². The number of rotatable bonds is 3. The van der Waals surface area contributed by atoms with E-state index in [0.29, 0.717) is 5.03 Å². The molecule has 0 aliphatic carbocycles. The summed E-state index contributed by atoms with van der Waals surface area (Å²) < 4.78 is 0.958. The first-order chi connectivity index (χ1) is 8.56. The number of hydrogen-bond donors (Lipinski definition) is 1. The third kappa shape index (κ3) is 3.25. The summed E-state index contributed by atoms with van der Waals surface area (Å²) >= 11 is 10.5. The van der Waals surface area contributed by atoms with Crippen molar-refractivity contribution in [3.8, 4) is 0 Å². The van der Waals surface area contributed by atoms with Gasteiger partial charge in [0.2, 0.25) is 0 Å². The highest BCUT2D eigenvalue weighted by molar-refractivity contribution is 9.10. The Balaban J connectivity index is 2.30. The molecule has 18 heavy (non-hydrogen) atoms. The summed E-state index contributed by atoms with van der Waals surface area (Å²) in [5.74, 6) is -1.06. The molecule has 0 radical (unpaired) electrons. The van der Waals surface area contributed by atoms with E-state index in [2.05, 4.69) is 20.9 Å². The molecule has 2 rings (SSSR count). The van der Waals surface area contributed by atoms with E-state index in [1.807, 2.05) is 24.3 Å². The molecule has 1 N–H and O–H groups in total. The van der Waals surface area contributed by atoms with Crippen LogP contribution in [0.4, 0.5) is 0 Å². The van der Waals surface area contributed by atoms with Crippen molar-refractivity contribution in [3.05, 3.63) is 51.6 Å². The van der Waals surface area contributed by atoms with Gasteiger partial charge in [-0.05, 0) is 24.3 Å². The lowest BCUT2D eigenvalue weighted by Crippen LogP contribution is -1.98. The van der Waals surface area contributed by atoms with Gasteiger partial charge in [0.25, 0.3) is 0 Å². The fraction of sp³-hybridized carbons (Fsp3) is 0. The highest BCUT2D eigenvalue weighted by atomic mass is 79.9.